The maximum atomic E-state index is 9.28. The van der Waals surface area contributed by atoms with Gasteiger partial charge >= 0.3 is 0 Å². The molecule has 1 unspecified atom stereocenters. The van der Waals surface area contributed by atoms with Crippen LogP contribution in [0.2, 0.25) is 0 Å². The Morgan fingerprint density at radius 1 is 1.32 bits per heavy atom. The minimum Gasteiger partial charge on any atom is -0.355 e. The second-order valence-electron chi connectivity index (χ2n) is 7.76. The normalized spacial score (nSPS) is 16.4. The zero-order valence-corrected chi connectivity index (χ0v) is 17.3. The van der Waals surface area contributed by atoms with Crippen molar-refractivity contribution in [3.05, 3.63) is 41.1 Å². The van der Waals surface area contributed by atoms with Crippen LogP contribution in [-0.2, 0) is 6.42 Å². The zero-order chi connectivity index (χ0) is 20.1. The number of hydrogen-bond donors (Lipinski definition) is 2. The van der Waals surface area contributed by atoms with E-state index in [1.54, 1.807) is 0 Å². The summed E-state index contributed by atoms with van der Waals surface area (Å²) in [5.41, 5.74) is 3.50. The van der Waals surface area contributed by atoms with Crippen LogP contribution in [0.1, 0.15) is 50.4 Å². The van der Waals surface area contributed by atoms with Crippen molar-refractivity contribution < 1.29 is 0 Å². The van der Waals surface area contributed by atoms with Crippen molar-refractivity contribution in [2.45, 2.75) is 59.0 Å². The second kappa shape index (κ2) is 9.03. The van der Waals surface area contributed by atoms with Crippen molar-refractivity contribution in [3.8, 4) is 6.07 Å². The summed E-state index contributed by atoms with van der Waals surface area (Å²) in [6.07, 6.45) is 3.08. The van der Waals surface area contributed by atoms with Crippen LogP contribution >= 0.6 is 0 Å². The van der Waals surface area contributed by atoms with Crippen molar-refractivity contribution in [2.24, 2.45) is 0 Å². The molecule has 0 bridgehead atoms. The van der Waals surface area contributed by atoms with Gasteiger partial charge in [-0.3, -0.25) is 0 Å². The molecule has 1 aliphatic rings. The predicted molar refractivity (Wildman–Crippen MR) is 114 cm³/mol. The van der Waals surface area contributed by atoms with Crippen LogP contribution in [0.15, 0.2) is 24.3 Å². The molecule has 1 aliphatic heterocycles. The maximum absolute atomic E-state index is 9.28. The predicted octanol–water partition coefficient (Wildman–Crippen LogP) is 3.93. The largest absolute Gasteiger partial charge is 0.355 e. The van der Waals surface area contributed by atoms with Crippen LogP contribution in [-0.4, -0.2) is 35.1 Å². The number of nitrogens with zero attached hydrogens (tertiary/aromatic N) is 4. The summed E-state index contributed by atoms with van der Waals surface area (Å²) in [6, 6.07) is 11.0. The summed E-state index contributed by atoms with van der Waals surface area (Å²) in [6.45, 7) is 10.4. The van der Waals surface area contributed by atoms with Crippen LogP contribution < -0.4 is 15.5 Å². The molecule has 2 aromatic rings. The molecule has 1 fully saturated rings. The highest BCUT2D eigenvalue weighted by Gasteiger charge is 2.24. The fourth-order valence-corrected chi connectivity index (χ4v) is 3.67. The molecule has 148 valence electrons. The van der Waals surface area contributed by atoms with Gasteiger partial charge in [0.1, 0.15) is 5.82 Å². The average Bonchev–Trinajstić information content (AvgIpc) is 3.11. The molecular weight excluding hydrogens is 348 g/mol. The SMILES string of the molecule is CCCc1cc(N2CCC(NC(C)C)C2)nc(Nc2cccc(C#N)c2C)n1. The van der Waals surface area contributed by atoms with Gasteiger partial charge in [0.05, 0.1) is 11.6 Å². The quantitative estimate of drug-likeness (QED) is 0.760. The van der Waals surface area contributed by atoms with Crippen molar-refractivity contribution in [3.63, 3.8) is 0 Å². The summed E-state index contributed by atoms with van der Waals surface area (Å²) in [5.74, 6) is 1.57. The Hall–Kier alpha value is -2.65. The van der Waals surface area contributed by atoms with Crippen molar-refractivity contribution in [2.75, 3.05) is 23.3 Å². The molecular formula is C22H30N6. The fourth-order valence-electron chi connectivity index (χ4n) is 3.67. The van der Waals surface area contributed by atoms with E-state index in [2.05, 4.69) is 48.4 Å². The first-order valence-electron chi connectivity index (χ1n) is 10.2. The zero-order valence-electron chi connectivity index (χ0n) is 17.3. The minimum absolute atomic E-state index is 0.485. The van der Waals surface area contributed by atoms with E-state index in [1.807, 2.05) is 25.1 Å². The average molecular weight is 379 g/mol. The first kappa shape index (κ1) is 20.1. The lowest BCUT2D eigenvalue weighted by Crippen LogP contribution is -2.37. The monoisotopic (exact) mass is 378 g/mol. The number of nitriles is 1. The fraction of sp³-hybridized carbons (Fsp3) is 0.500. The Morgan fingerprint density at radius 2 is 2.14 bits per heavy atom. The van der Waals surface area contributed by atoms with Crippen LogP contribution in [0.3, 0.4) is 0 Å². The van der Waals surface area contributed by atoms with Crippen LogP contribution in [0.25, 0.3) is 0 Å². The molecule has 0 aliphatic carbocycles. The molecule has 0 saturated carbocycles. The number of anilines is 3. The molecule has 6 heteroatoms. The van der Waals surface area contributed by atoms with E-state index in [9.17, 15) is 5.26 Å². The lowest BCUT2D eigenvalue weighted by atomic mass is 10.1. The van der Waals surface area contributed by atoms with Crippen LogP contribution in [0, 0.1) is 18.3 Å². The van der Waals surface area contributed by atoms with Crippen LogP contribution in [0.4, 0.5) is 17.5 Å². The Morgan fingerprint density at radius 3 is 2.86 bits per heavy atom. The van der Waals surface area contributed by atoms with E-state index >= 15 is 0 Å². The number of aryl methyl sites for hydroxylation is 1. The highest BCUT2D eigenvalue weighted by Crippen LogP contribution is 2.25. The number of aromatic nitrogens is 2. The molecule has 1 saturated heterocycles. The third-order valence-electron chi connectivity index (χ3n) is 5.05. The van der Waals surface area contributed by atoms with Gasteiger partial charge in [0.15, 0.2) is 0 Å². The van der Waals surface area contributed by atoms with Gasteiger partial charge in [-0.25, -0.2) is 4.98 Å². The van der Waals surface area contributed by atoms with Crippen molar-refractivity contribution in [1.82, 2.24) is 15.3 Å². The highest BCUT2D eigenvalue weighted by atomic mass is 15.3. The Kier molecular flexibility index (Phi) is 6.48. The summed E-state index contributed by atoms with van der Waals surface area (Å²) in [7, 11) is 0. The van der Waals surface area contributed by atoms with Crippen molar-refractivity contribution in [1.29, 1.82) is 5.26 Å². The number of benzene rings is 1. The Balaban J connectivity index is 1.85. The molecule has 1 aromatic carbocycles. The van der Waals surface area contributed by atoms with Gasteiger partial charge in [-0.15, -0.1) is 0 Å². The molecule has 2 heterocycles. The third kappa shape index (κ3) is 4.79. The Labute approximate surface area is 168 Å². The molecule has 0 spiro atoms. The highest BCUT2D eigenvalue weighted by molar-refractivity contribution is 5.63. The van der Waals surface area contributed by atoms with E-state index in [0.717, 1.165) is 55.1 Å². The van der Waals surface area contributed by atoms with Gasteiger partial charge in [-0.1, -0.05) is 33.3 Å². The van der Waals surface area contributed by atoms with Gasteiger partial charge in [0.2, 0.25) is 5.95 Å². The molecule has 28 heavy (non-hydrogen) atoms. The van der Waals surface area contributed by atoms with Gasteiger partial charge < -0.3 is 15.5 Å². The van der Waals surface area contributed by atoms with Crippen molar-refractivity contribution >= 4 is 17.5 Å². The summed E-state index contributed by atoms with van der Waals surface area (Å²) in [5, 5.41) is 16.2. The first-order chi connectivity index (χ1) is 13.5. The smallest absolute Gasteiger partial charge is 0.229 e. The molecule has 1 aromatic heterocycles. The molecule has 0 amide bonds. The van der Waals surface area contributed by atoms with E-state index < -0.39 is 0 Å². The van der Waals surface area contributed by atoms with Gasteiger partial charge in [0.25, 0.3) is 0 Å². The second-order valence-corrected chi connectivity index (χ2v) is 7.76. The summed E-state index contributed by atoms with van der Waals surface area (Å²) >= 11 is 0. The first-order valence-corrected chi connectivity index (χ1v) is 10.2. The van der Waals surface area contributed by atoms with E-state index in [0.29, 0.717) is 23.6 Å². The lowest BCUT2D eigenvalue weighted by Gasteiger charge is -2.21. The summed E-state index contributed by atoms with van der Waals surface area (Å²) < 4.78 is 0. The van der Waals surface area contributed by atoms with E-state index in [1.165, 1.54) is 0 Å². The summed E-state index contributed by atoms with van der Waals surface area (Å²) in [4.78, 5) is 11.8. The van der Waals surface area contributed by atoms with Crippen LogP contribution in [0.5, 0.6) is 0 Å². The Bertz CT molecular complexity index is 855. The minimum atomic E-state index is 0.485. The molecule has 6 nitrogen and oxygen atoms in total. The van der Waals surface area contributed by atoms with E-state index in [-0.39, 0.29) is 0 Å². The topological polar surface area (TPSA) is 76.9 Å². The molecule has 0 radical (unpaired) electrons. The molecule has 3 rings (SSSR count). The molecule has 2 N–H and O–H groups in total. The third-order valence-corrected chi connectivity index (χ3v) is 5.05. The lowest BCUT2D eigenvalue weighted by molar-refractivity contribution is 0.492. The van der Waals surface area contributed by atoms with Gasteiger partial charge in [-0.2, -0.15) is 10.2 Å². The standard InChI is InChI=1S/C22H30N6/c1-5-7-18-12-21(28-11-10-19(14-28)24-15(2)3)27-22(25-18)26-20-9-6-8-17(13-23)16(20)4/h6,8-9,12,15,19,24H,5,7,10-11,14H2,1-4H3,(H,25,26,27). The number of rotatable bonds is 7. The van der Waals surface area contributed by atoms with Gasteiger partial charge in [-0.05, 0) is 37.5 Å². The number of hydrogen-bond acceptors (Lipinski definition) is 6. The maximum Gasteiger partial charge on any atom is 0.229 e. The van der Waals surface area contributed by atoms with Gasteiger partial charge in [0, 0.05) is 42.6 Å². The molecule has 1 atom stereocenters. The number of nitrogens with one attached hydrogen (secondary N) is 2. The van der Waals surface area contributed by atoms with E-state index in [4.69, 9.17) is 9.97 Å².